The average molecular weight is 326 g/mol. The topological polar surface area (TPSA) is 77.5 Å². The quantitative estimate of drug-likeness (QED) is 0.937. The summed E-state index contributed by atoms with van der Waals surface area (Å²) in [4.78, 5) is 5.06. The molecule has 0 amide bonds. The van der Waals surface area contributed by atoms with E-state index >= 15 is 0 Å². The third-order valence-corrected chi connectivity index (χ3v) is 5.17. The van der Waals surface area contributed by atoms with E-state index in [4.69, 9.17) is 9.47 Å². The lowest BCUT2D eigenvalue weighted by Gasteiger charge is -2.10. The van der Waals surface area contributed by atoms with Crippen molar-refractivity contribution in [2.45, 2.75) is 18.2 Å². The number of aromatic nitrogens is 1. The Labute approximate surface area is 126 Å². The van der Waals surface area contributed by atoms with Gasteiger partial charge in [-0.15, -0.1) is 11.3 Å². The van der Waals surface area contributed by atoms with Crippen molar-refractivity contribution < 1.29 is 17.9 Å². The van der Waals surface area contributed by atoms with Gasteiger partial charge in [0, 0.05) is 23.6 Å². The number of benzene rings is 1. The number of nitrogens with one attached hydrogen (secondary N) is 1. The molecule has 0 atom stereocenters. The van der Waals surface area contributed by atoms with Crippen LogP contribution in [0.1, 0.15) is 11.3 Å². The molecule has 2 aromatic rings. The van der Waals surface area contributed by atoms with E-state index in [1.54, 1.807) is 12.3 Å². The summed E-state index contributed by atoms with van der Waals surface area (Å²) < 4.78 is 38.1. The second kappa shape index (κ2) is 5.53. The smallest absolute Gasteiger partial charge is 0.263 e. The van der Waals surface area contributed by atoms with E-state index in [2.05, 4.69) is 9.71 Å². The third kappa shape index (κ3) is 3.11. The zero-order valence-electron chi connectivity index (χ0n) is 11.3. The fourth-order valence-corrected chi connectivity index (χ4v) is 3.81. The van der Waals surface area contributed by atoms with Crippen LogP contribution in [0.25, 0.3) is 0 Å². The Hall–Kier alpha value is -1.80. The maximum absolute atomic E-state index is 12.3. The highest BCUT2D eigenvalue weighted by Gasteiger charge is 2.19. The van der Waals surface area contributed by atoms with E-state index in [-0.39, 0.29) is 4.90 Å². The highest BCUT2D eigenvalue weighted by Crippen LogP contribution is 2.32. The minimum absolute atomic E-state index is 0.125. The fraction of sp³-hybridized carbons (Fsp3) is 0.308. The number of ether oxygens (including phenoxy) is 2. The SMILES string of the molecule is Cc1cnc(NS(=O)(=O)c2ccc3c(c2)OCCCO3)s1. The van der Waals surface area contributed by atoms with Crippen molar-refractivity contribution in [3.8, 4) is 11.5 Å². The Kier molecular flexibility index (Phi) is 3.73. The van der Waals surface area contributed by atoms with Gasteiger partial charge in [0.1, 0.15) is 0 Å². The lowest BCUT2D eigenvalue weighted by atomic mass is 10.3. The average Bonchev–Trinajstić information content (AvgIpc) is 2.72. The molecule has 2 heterocycles. The predicted molar refractivity (Wildman–Crippen MR) is 79.7 cm³/mol. The van der Waals surface area contributed by atoms with E-state index in [9.17, 15) is 8.42 Å². The molecular weight excluding hydrogens is 312 g/mol. The van der Waals surface area contributed by atoms with E-state index in [1.807, 2.05) is 6.92 Å². The van der Waals surface area contributed by atoms with Gasteiger partial charge in [-0.05, 0) is 19.1 Å². The maximum atomic E-state index is 12.3. The molecule has 6 nitrogen and oxygen atoms in total. The number of nitrogens with zero attached hydrogens (tertiary/aromatic N) is 1. The fourth-order valence-electron chi connectivity index (χ4n) is 1.89. The van der Waals surface area contributed by atoms with E-state index in [0.29, 0.717) is 29.8 Å². The van der Waals surface area contributed by atoms with Crippen LogP contribution in [0.15, 0.2) is 29.3 Å². The van der Waals surface area contributed by atoms with Crippen molar-refractivity contribution in [3.05, 3.63) is 29.3 Å². The number of sulfonamides is 1. The lowest BCUT2D eigenvalue weighted by Crippen LogP contribution is -2.12. The van der Waals surface area contributed by atoms with Crippen molar-refractivity contribution in [2.75, 3.05) is 17.9 Å². The molecule has 0 fully saturated rings. The molecule has 0 saturated carbocycles. The Morgan fingerprint density at radius 3 is 2.71 bits per heavy atom. The van der Waals surface area contributed by atoms with Gasteiger partial charge in [0.05, 0.1) is 18.1 Å². The number of anilines is 1. The second-order valence-electron chi connectivity index (χ2n) is 4.54. The van der Waals surface area contributed by atoms with Gasteiger partial charge in [-0.1, -0.05) is 0 Å². The monoisotopic (exact) mass is 326 g/mol. The van der Waals surface area contributed by atoms with Gasteiger partial charge in [0.25, 0.3) is 10.0 Å². The first-order chi connectivity index (χ1) is 10.0. The predicted octanol–water partition coefficient (Wildman–Crippen LogP) is 2.41. The normalized spacial score (nSPS) is 14.5. The van der Waals surface area contributed by atoms with E-state index in [1.165, 1.54) is 23.5 Å². The Morgan fingerprint density at radius 2 is 2.00 bits per heavy atom. The number of fused-ring (bicyclic) bond motifs is 1. The molecule has 0 spiro atoms. The maximum Gasteiger partial charge on any atom is 0.263 e. The van der Waals surface area contributed by atoms with Crippen LogP contribution >= 0.6 is 11.3 Å². The van der Waals surface area contributed by atoms with Crippen molar-refractivity contribution in [3.63, 3.8) is 0 Å². The van der Waals surface area contributed by atoms with Crippen molar-refractivity contribution in [1.29, 1.82) is 0 Å². The Morgan fingerprint density at radius 1 is 1.24 bits per heavy atom. The van der Waals surface area contributed by atoms with Crippen LogP contribution in [0.2, 0.25) is 0 Å². The molecule has 112 valence electrons. The molecule has 1 aliphatic heterocycles. The molecule has 0 bridgehead atoms. The van der Waals surface area contributed by atoms with Gasteiger partial charge in [-0.2, -0.15) is 0 Å². The summed E-state index contributed by atoms with van der Waals surface area (Å²) in [5.41, 5.74) is 0. The number of hydrogen-bond donors (Lipinski definition) is 1. The molecule has 1 aromatic heterocycles. The Balaban J connectivity index is 1.90. The Bertz CT molecular complexity index is 755. The van der Waals surface area contributed by atoms with Crippen molar-refractivity contribution >= 4 is 26.5 Å². The first-order valence-electron chi connectivity index (χ1n) is 6.39. The van der Waals surface area contributed by atoms with Crippen LogP contribution in [-0.2, 0) is 10.0 Å². The molecule has 1 aliphatic rings. The summed E-state index contributed by atoms with van der Waals surface area (Å²) in [7, 11) is -3.68. The molecule has 21 heavy (non-hydrogen) atoms. The zero-order valence-corrected chi connectivity index (χ0v) is 13.0. The summed E-state index contributed by atoms with van der Waals surface area (Å²) in [6.07, 6.45) is 2.39. The first-order valence-corrected chi connectivity index (χ1v) is 8.69. The zero-order chi connectivity index (χ0) is 14.9. The largest absolute Gasteiger partial charge is 0.490 e. The number of aryl methyl sites for hydroxylation is 1. The van der Waals surface area contributed by atoms with Crippen LogP contribution in [0.4, 0.5) is 5.13 Å². The summed E-state index contributed by atoms with van der Waals surface area (Å²) in [6, 6.07) is 4.59. The molecular formula is C13H14N2O4S2. The highest BCUT2D eigenvalue weighted by molar-refractivity contribution is 7.93. The standard InChI is InChI=1S/C13H14N2O4S2/c1-9-8-14-13(20-9)15-21(16,17)10-3-4-11-12(7-10)19-6-2-5-18-11/h3-4,7-8H,2,5-6H2,1H3,(H,14,15). The molecule has 1 aromatic carbocycles. The molecule has 0 radical (unpaired) electrons. The molecule has 0 saturated heterocycles. The summed E-state index contributed by atoms with van der Waals surface area (Å²) in [6.45, 7) is 2.94. The van der Waals surface area contributed by atoms with Crippen molar-refractivity contribution in [1.82, 2.24) is 4.98 Å². The molecule has 1 N–H and O–H groups in total. The highest BCUT2D eigenvalue weighted by atomic mass is 32.2. The van der Waals surface area contributed by atoms with E-state index in [0.717, 1.165) is 11.3 Å². The molecule has 8 heteroatoms. The second-order valence-corrected chi connectivity index (χ2v) is 7.46. The van der Waals surface area contributed by atoms with Crippen LogP contribution in [0, 0.1) is 6.92 Å². The molecule has 3 rings (SSSR count). The van der Waals surface area contributed by atoms with Gasteiger partial charge in [0.2, 0.25) is 0 Å². The van der Waals surface area contributed by atoms with E-state index < -0.39 is 10.0 Å². The van der Waals surface area contributed by atoms with Gasteiger partial charge < -0.3 is 9.47 Å². The molecule has 0 unspecified atom stereocenters. The van der Waals surface area contributed by atoms with Crippen LogP contribution in [0.3, 0.4) is 0 Å². The summed E-state index contributed by atoms with van der Waals surface area (Å²) in [5.74, 6) is 1.02. The van der Waals surface area contributed by atoms with Crippen LogP contribution in [-0.4, -0.2) is 26.6 Å². The summed E-state index contributed by atoms with van der Waals surface area (Å²) in [5, 5.41) is 0.347. The van der Waals surface area contributed by atoms with Crippen molar-refractivity contribution in [2.24, 2.45) is 0 Å². The first kappa shape index (κ1) is 14.2. The van der Waals surface area contributed by atoms with Crippen LogP contribution in [0.5, 0.6) is 11.5 Å². The van der Waals surface area contributed by atoms with Gasteiger partial charge in [0.15, 0.2) is 16.6 Å². The third-order valence-electron chi connectivity index (χ3n) is 2.87. The molecule has 0 aliphatic carbocycles. The number of rotatable bonds is 3. The van der Waals surface area contributed by atoms with Gasteiger partial charge >= 0.3 is 0 Å². The lowest BCUT2D eigenvalue weighted by molar-refractivity contribution is 0.297. The number of thiazole rings is 1. The van der Waals surface area contributed by atoms with Gasteiger partial charge in [-0.25, -0.2) is 13.4 Å². The minimum Gasteiger partial charge on any atom is -0.490 e. The van der Waals surface area contributed by atoms with Gasteiger partial charge in [-0.3, -0.25) is 4.72 Å². The summed E-state index contributed by atoms with van der Waals surface area (Å²) >= 11 is 1.28. The number of hydrogen-bond acceptors (Lipinski definition) is 6. The van der Waals surface area contributed by atoms with Crippen LogP contribution < -0.4 is 14.2 Å². The minimum atomic E-state index is -3.68.